The Hall–Kier alpha value is -2.71. The van der Waals surface area contributed by atoms with Gasteiger partial charge in [0.15, 0.2) is 0 Å². The van der Waals surface area contributed by atoms with Gasteiger partial charge in [0.05, 0.1) is 4.90 Å². The van der Waals surface area contributed by atoms with E-state index in [1.807, 2.05) is 12.1 Å². The van der Waals surface area contributed by atoms with Crippen molar-refractivity contribution in [2.75, 3.05) is 18.4 Å². The second kappa shape index (κ2) is 10.7. The zero-order valence-corrected chi connectivity index (χ0v) is 19.5. The summed E-state index contributed by atoms with van der Waals surface area (Å²) in [6, 6.07) is 14.4. The molecule has 0 aliphatic carbocycles. The number of benzene rings is 2. The number of nitrogens with one attached hydrogen (secondary N) is 2. The summed E-state index contributed by atoms with van der Waals surface area (Å²) in [6.45, 7) is 4.80. The average Bonchev–Trinajstić information content (AvgIpc) is 2.78. The third-order valence-electron chi connectivity index (χ3n) is 5.78. The largest absolute Gasteiger partial charge is 0.352 e. The summed E-state index contributed by atoms with van der Waals surface area (Å²) in [7, 11) is -3.59. The first-order valence-corrected chi connectivity index (χ1v) is 12.4. The predicted molar refractivity (Wildman–Crippen MR) is 125 cm³/mol. The van der Waals surface area contributed by atoms with Gasteiger partial charge in [-0.2, -0.15) is 4.31 Å². The van der Waals surface area contributed by atoms with Gasteiger partial charge in [0, 0.05) is 38.7 Å². The molecule has 0 aromatic heterocycles. The molecule has 1 heterocycles. The summed E-state index contributed by atoms with van der Waals surface area (Å²) in [5, 5.41) is 5.60. The minimum Gasteiger partial charge on any atom is -0.352 e. The van der Waals surface area contributed by atoms with Crippen LogP contribution in [0.3, 0.4) is 0 Å². The van der Waals surface area contributed by atoms with Crippen LogP contribution in [0, 0.1) is 5.92 Å². The number of hydrogen-bond donors (Lipinski definition) is 2. The van der Waals surface area contributed by atoms with Crippen LogP contribution in [0.5, 0.6) is 0 Å². The summed E-state index contributed by atoms with van der Waals surface area (Å²) >= 11 is 0. The second-order valence-corrected chi connectivity index (χ2v) is 10.1. The number of carbonyl (C=O) groups excluding carboxylic acids is 2. The van der Waals surface area contributed by atoms with Crippen LogP contribution in [0.2, 0.25) is 0 Å². The summed E-state index contributed by atoms with van der Waals surface area (Å²) in [6.07, 6.45) is 2.71. The van der Waals surface area contributed by atoms with Crippen LogP contribution in [-0.2, 0) is 32.6 Å². The topological polar surface area (TPSA) is 95.6 Å². The molecule has 1 aliphatic rings. The summed E-state index contributed by atoms with van der Waals surface area (Å²) in [4.78, 5) is 23.7. The van der Waals surface area contributed by atoms with Crippen molar-refractivity contribution in [1.29, 1.82) is 0 Å². The molecule has 32 heavy (non-hydrogen) atoms. The van der Waals surface area contributed by atoms with E-state index >= 15 is 0 Å². The lowest BCUT2D eigenvalue weighted by Gasteiger charge is -2.31. The SMILES string of the molecule is CCc1ccc(CNC(=O)CC2CCN(S(=O)(=O)c3ccc(NC(C)=O)cc3)CC2)cc1. The van der Waals surface area contributed by atoms with E-state index < -0.39 is 10.0 Å². The molecule has 0 spiro atoms. The van der Waals surface area contributed by atoms with Crippen LogP contribution in [0.4, 0.5) is 5.69 Å². The van der Waals surface area contributed by atoms with E-state index in [0.717, 1.165) is 12.0 Å². The van der Waals surface area contributed by atoms with Gasteiger partial charge in [-0.25, -0.2) is 8.42 Å². The molecule has 2 aromatic rings. The van der Waals surface area contributed by atoms with E-state index in [1.165, 1.54) is 28.9 Å². The molecule has 2 amide bonds. The number of hydrogen-bond acceptors (Lipinski definition) is 4. The van der Waals surface area contributed by atoms with Gasteiger partial charge >= 0.3 is 0 Å². The number of amides is 2. The zero-order chi connectivity index (χ0) is 23.1. The van der Waals surface area contributed by atoms with E-state index in [9.17, 15) is 18.0 Å². The monoisotopic (exact) mass is 457 g/mol. The first-order valence-electron chi connectivity index (χ1n) is 11.0. The van der Waals surface area contributed by atoms with Crippen molar-refractivity contribution in [3.8, 4) is 0 Å². The fraction of sp³-hybridized carbons (Fsp3) is 0.417. The first-order chi connectivity index (χ1) is 15.3. The normalized spacial score (nSPS) is 15.3. The van der Waals surface area contributed by atoms with E-state index in [4.69, 9.17) is 0 Å². The maximum atomic E-state index is 12.9. The smallest absolute Gasteiger partial charge is 0.243 e. The van der Waals surface area contributed by atoms with Crippen LogP contribution in [-0.4, -0.2) is 37.6 Å². The number of anilines is 1. The summed E-state index contributed by atoms with van der Waals surface area (Å²) < 4.78 is 27.3. The number of aryl methyl sites for hydroxylation is 1. The molecule has 0 bridgehead atoms. The Labute approximate surface area is 190 Å². The van der Waals surface area contributed by atoms with Crippen molar-refractivity contribution >= 4 is 27.5 Å². The van der Waals surface area contributed by atoms with E-state index in [1.54, 1.807) is 12.1 Å². The third kappa shape index (κ3) is 6.40. The Kier molecular flexibility index (Phi) is 8.04. The fourth-order valence-electron chi connectivity index (χ4n) is 3.84. The molecule has 1 saturated heterocycles. The van der Waals surface area contributed by atoms with Crippen molar-refractivity contribution in [3.63, 3.8) is 0 Å². The van der Waals surface area contributed by atoms with Gasteiger partial charge < -0.3 is 10.6 Å². The molecule has 2 aromatic carbocycles. The van der Waals surface area contributed by atoms with Crippen molar-refractivity contribution in [2.45, 2.75) is 51.0 Å². The van der Waals surface area contributed by atoms with Crippen LogP contribution < -0.4 is 10.6 Å². The Morgan fingerprint density at radius 3 is 2.12 bits per heavy atom. The minimum atomic E-state index is -3.59. The molecule has 3 rings (SSSR count). The highest BCUT2D eigenvalue weighted by Crippen LogP contribution is 2.26. The Morgan fingerprint density at radius 2 is 1.56 bits per heavy atom. The standard InChI is InChI=1S/C24H31N3O4S/c1-3-19-4-6-21(7-5-19)17-25-24(29)16-20-12-14-27(15-13-20)32(30,31)23-10-8-22(9-11-23)26-18(2)28/h4-11,20H,3,12-17H2,1-2H3,(H,25,29)(H,26,28). The van der Waals surface area contributed by atoms with Crippen molar-refractivity contribution in [1.82, 2.24) is 9.62 Å². The molecule has 7 nitrogen and oxygen atoms in total. The average molecular weight is 458 g/mol. The molecule has 0 saturated carbocycles. The molecule has 0 atom stereocenters. The van der Waals surface area contributed by atoms with Gasteiger partial charge in [-0.15, -0.1) is 0 Å². The predicted octanol–water partition coefficient (Wildman–Crippen LogP) is 3.31. The fourth-order valence-corrected chi connectivity index (χ4v) is 5.31. The van der Waals surface area contributed by atoms with Crippen LogP contribution in [0.15, 0.2) is 53.4 Å². The number of piperidine rings is 1. The quantitative estimate of drug-likeness (QED) is 0.636. The Balaban J connectivity index is 1.47. The highest BCUT2D eigenvalue weighted by atomic mass is 32.2. The minimum absolute atomic E-state index is 0.000523. The van der Waals surface area contributed by atoms with E-state index in [0.29, 0.717) is 44.6 Å². The highest BCUT2D eigenvalue weighted by molar-refractivity contribution is 7.89. The molecule has 0 radical (unpaired) electrons. The molecule has 172 valence electrons. The lowest BCUT2D eigenvalue weighted by atomic mass is 9.94. The van der Waals surface area contributed by atoms with Gasteiger partial charge in [-0.1, -0.05) is 31.2 Å². The number of sulfonamides is 1. The van der Waals surface area contributed by atoms with Crippen LogP contribution >= 0.6 is 0 Å². The lowest BCUT2D eigenvalue weighted by molar-refractivity contribution is -0.122. The zero-order valence-electron chi connectivity index (χ0n) is 18.6. The van der Waals surface area contributed by atoms with Gasteiger partial charge in [0.2, 0.25) is 21.8 Å². The molecule has 0 unspecified atom stereocenters. The molecular formula is C24H31N3O4S. The van der Waals surface area contributed by atoms with Crippen LogP contribution in [0.25, 0.3) is 0 Å². The van der Waals surface area contributed by atoms with E-state index in [2.05, 4.69) is 29.7 Å². The molecular weight excluding hydrogens is 426 g/mol. The van der Waals surface area contributed by atoms with Gasteiger partial charge in [-0.05, 0) is 60.6 Å². The van der Waals surface area contributed by atoms with Gasteiger partial charge in [-0.3, -0.25) is 9.59 Å². The summed E-state index contributed by atoms with van der Waals surface area (Å²) in [5.74, 6) is -0.0355. The number of carbonyl (C=O) groups is 2. The third-order valence-corrected chi connectivity index (χ3v) is 7.69. The number of rotatable bonds is 8. The lowest BCUT2D eigenvalue weighted by Crippen LogP contribution is -2.39. The van der Waals surface area contributed by atoms with Gasteiger partial charge in [0.25, 0.3) is 0 Å². The van der Waals surface area contributed by atoms with Crippen molar-refractivity contribution in [2.24, 2.45) is 5.92 Å². The van der Waals surface area contributed by atoms with Gasteiger partial charge in [0.1, 0.15) is 0 Å². The van der Waals surface area contributed by atoms with Crippen molar-refractivity contribution in [3.05, 3.63) is 59.7 Å². The highest BCUT2D eigenvalue weighted by Gasteiger charge is 2.30. The Bertz CT molecular complexity index is 1030. The maximum Gasteiger partial charge on any atom is 0.243 e. The Morgan fingerprint density at radius 1 is 0.969 bits per heavy atom. The number of nitrogens with zero attached hydrogens (tertiary/aromatic N) is 1. The molecule has 8 heteroatoms. The van der Waals surface area contributed by atoms with Crippen LogP contribution in [0.1, 0.15) is 44.2 Å². The first kappa shape index (κ1) is 23.9. The van der Waals surface area contributed by atoms with E-state index in [-0.39, 0.29) is 22.6 Å². The maximum absolute atomic E-state index is 12.9. The molecule has 1 aliphatic heterocycles. The molecule has 2 N–H and O–H groups in total. The van der Waals surface area contributed by atoms with Crippen molar-refractivity contribution < 1.29 is 18.0 Å². The second-order valence-electron chi connectivity index (χ2n) is 8.20. The molecule has 1 fully saturated rings. The summed E-state index contributed by atoms with van der Waals surface area (Å²) in [5.41, 5.74) is 2.90.